The van der Waals surface area contributed by atoms with E-state index in [9.17, 15) is 0 Å². The third-order valence-corrected chi connectivity index (χ3v) is 3.69. The van der Waals surface area contributed by atoms with E-state index in [1.807, 2.05) is 0 Å². The van der Waals surface area contributed by atoms with Gasteiger partial charge in [-0.1, -0.05) is 33.1 Å². The Morgan fingerprint density at radius 3 is 2.64 bits per heavy atom. The summed E-state index contributed by atoms with van der Waals surface area (Å²) in [7, 11) is 0. The van der Waals surface area contributed by atoms with Crippen LogP contribution in [0.1, 0.15) is 65.7 Å². The van der Waals surface area contributed by atoms with Gasteiger partial charge in [-0.2, -0.15) is 0 Å². The topological polar surface area (TPSA) is 3.24 Å². The zero-order valence-electron chi connectivity index (χ0n) is 10.3. The van der Waals surface area contributed by atoms with Crippen molar-refractivity contribution >= 4 is 0 Å². The summed E-state index contributed by atoms with van der Waals surface area (Å²) in [5, 5.41) is 0. The Hall–Kier alpha value is -0.0400. The first kappa shape index (κ1) is 12.0. The van der Waals surface area contributed by atoms with Crippen LogP contribution in [0.4, 0.5) is 0 Å². The van der Waals surface area contributed by atoms with Crippen molar-refractivity contribution in [3.05, 3.63) is 0 Å². The van der Waals surface area contributed by atoms with Crippen LogP contribution in [0.3, 0.4) is 0 Å². The third-order valence-electron chi connectivity index (χ3n) is 3.69. The molecule has 14 heavy (non-hydrogen) atoms. The molecule has 1 rings (SSSR count). The van der Waals surface area contributed by atoms with Crippen LogP contribution >= 0.6 is 0 Å². The van der Waals surface area contributed by atoms with Crippen molar-refractivity contribution in [1.82, 2.24) is 4.90 Å². The highest BCUT2D eigenvalue weighted by Gasteiger charge is 2.23. The molecule has 0 bridgehead atoms. The van der Waals surface area contributed by atoms with Crippen LogP contribution in [0.25, 0.3) is 0 Å². The zero-order chi connectivity index (χ0) is 10.4. The lowest BCUT2D eigenvalue weighted by Crippen LogP contribution is -2.44. The van der Waals surface area contributed by atoms with E-state index < -0.39 is 0 Å². The molecule has 1 heteroatoms. The quantitative estimate of drug-likeness (QED) is 0.647. The van der Waals surface area contributed by atoms with E-state index in [-0.39, 0.29) is 0 Å². The third kappa shape index (κ3) is 3.27. The molecule has 84 valence electrons. The molecule has 1 aliphatic rings. The van der Waals surface area contributed by atoms with Gasteiger partial charge >= 0.3 is 0 Å². The Balaban J connectivity index is 2.40. The van der Waals surface area contributed by atoms with E-state index in [1.165, 1.54) is 51.5 Å². The lowest BCUT2D eigenvalue weighted by molar-refractivity contribution is 0.0955. The number of likely N-dealkylation sites (tertiary alicyclic amines) is 1. The van der Waals surface area contributed by atoms with Crippen molar-refractivity contribution in [3.63, 3.8) is 0 Å². The van der Waals surface area contributed by atoms with Gasteiger partial charge in [0.1, 0.15) is 0 Å². The van der Waals surface area contributed by atoms with Gasteiger partial charge in [-0.25, -0.2) is 0 Å². The predicted octanol–water partition coefficient (Wildman–Crippen LogP) is 3.83. The minimum absolute atomic E-state index is 0.838. The van der Waals surface area contributed by atoms with Crippen LogP contribution in [-0.2, 0) is 0 Å². The zero-order valence-corrected chi connectivity index (χ0v) is 10.3. The second-order valence-corrected chi connectivity index (χ2v) is 4.79. The van der Waals surface area contributed by atoms with E-state index in [0.717, 1.165) is 12.1 Å². The van der Waals surface area contributed by atoms with E-state index >= 15 is 0 Å². The molecule has 1 nitrogen and oxygen atoms in total. The highest BCUT2D eigenvalue weighted by molar-refractivity contribution is 4.79. The summed E-state index contributed by atoms with van der Waals surface area (Å²) in [4.78, 5) is 2.76. The number of unbranched alkanes of at least 4 members (excludes halogenated alkanes) is 1. The summed E-state index contributed by atoms with van der Waals surface area (Å²) < 4.78 is 0. The first-order valence-electron chi connectivity index (χ1n) is 6.55. The second-order valence-electron chi connectivity index (χ2n) is 4.79. The molecule has 1 aliphatic heterocycles. The molecular formula is C13H27N. The molecule has 0 aromatic carbocycles. The maximum Gasteiger partial charge on any atom is 0.00954 e. The Morgan fingerprint density at radius 2 is 2.07 bits per heavy atom. The van der Waals surface area contributed by atoms with E-state index in [0.29, 0.717) is 0 Å². The Kier molecular flexibility index (Phi) is 5.54. The van der Waals surface area contributed by atoms with Crippen LogP contribution in [0.5, 0.6) is 0 Å². The molecule has 2 atom stereocenters. The number of hydrogen-bond donors (Lipinski definition) is 0. The first-order chi connectivity index (χ1) is 6.79. The van der Waals surface area contributed by atoms with Gasteiger partial charge in [0.05, 0.1) is 0 Å². The molecule has 0 aromatic rings. The fraction of sp³-hybridized carbons (Fsp3) is 1.00. The number of piperidine rings is 1. The van der Waals surface area contributed by atoms with Gasteiger partial charge in [-0.3, -0.25) is 4.90 Å². The van der Waals surface area contributed by atoms with Gasteiger partial charge in [0.2, 0.25) is 0 Å². The van der Waals surface area contributed by atoms with Crippen LogP contribution in [0, 0.1) is 0 Å². The maximum absolute atomic E-state index is 2.76. The molecule has 1 saturated heterocycles. The van der Waals surface area contributed by atoms with Crippen molar-refractivity contribution < 1.29 is 0 Å². The normalized spacial score (nSPS) is 26.4. The van der Waals surface area contributed by atoms with E-state index in [4.69, 9.17) is 0 Å². The fourth-order valence-corrected chi connectivity index (χ4v) is 2.71. The van der Waals surface area contributed by atoms with Crippen molar-refractivity contribution in [2.24, 2.45) is 0 Å². The monoisotopic (exact) mass is 197 g/mol. The predicted molar refractivity (Wildman–Crippen MR) is 63.6 cm³/mol. The molecule has 0 spiro atoms. The summed E-state index contributed by atoms with van der Waals surface area (Å²) in [5.74, 6) is 0. The number of nitrogens with zero attached hydrogens (tertiary/aromatic N) is 1. The SMILES string of the molecule is CCCCC(CC)N1CCCC[C@H]1C. The lowest BCUT2D eigenvalue weighted by Gasteiger charge is -2.39. The van der Waals surface area contributed by atoms with E-state index in [1.54, 1.807) is 0 Å². The van der Waals surface area contributed by atoms with Crippen LogP contribution in [0.15, 0.2) is 0 Å². The molecule has 0 saturated carbocycles. The van der Waals surface area contributed by atoms with Gasteiger partial charge in [0.15, 0.2) is 0 Å². The summed E-state index contributed by atoms with van der Waals surface area (Å²) in [6, 6.07) is 1.70. The van der Waals surface area contributed by atoms with Gasteiger partial charge in [-0.15, -0.1) is 0 Å². The summed E-state index contributed by atoms with van der Waals surface area (Å²) >= 11 is 0. The molecule has 0 amide bonds. The van der Waals surface area contributed by atoms with Gasteiger partial charge in [0, 0.05) is 12.1 Å². The van der Waals surface area contributed by atoms with Gasteiger partial charge in [0.25, 0.3) is 0 Å². The van der Waals surface area contributed by atoms with Gasteiger partial charge < -0.3 is 0 Å². The Bertz CT molecular complexity index is 144. The largest absolute Gasteiger partial charge is 0.298 e. The van der Waals surface area contributed by atoms with Crippen LogP contribution in [0.2, 0.25) is 0 Å². The second kappa shape index (κ2) is 6.44. The summed E-state index contributed by atoms with van der Waals surface area (Å²) in [6.07, 6.45) is 9.79. The number of rotatable bonds is 5. The maximum atomic E-state index is 2.76. The lowest BCUT2D eigenvalue weighted by atomic mass is 9.97. The van der Waals surface area contributed by atoms with Crippen molar-refractivity contribution in [3.8, 4) is 0 Å². The van der Waals surface area contributed by atoms with Crippen molar-refractivity contribution in [1.29, 1.82) is 0 Å². The average molecular weight is 197 g/mol. The molecule has 1 heterocycles. The van der Waals surface area contributed by atoms with Crippen molar-refractivity contribution in [2.45, 2.75) is 77.8 Å². The molecule has 1 unspecified atom stereocenters. The highest BCUT2D eigenvalue weighted by Crippen LogP contribution is 2.23. The minimum Gasteiger partial charge on any atom is -0.298 e. The Morgan fingerprint density at radius 1 is 1.29 bits per heavy atom. The minimum atomic E-state index is 0.838. The van der Waals surface area contributed by atoms with Crippen LogP contribution < -0.4 is 0 Å². The standard InChI is InChI=1S/C13H27N/c1-4-6-10-13(5-2)14-11-8-7-9-12(14)3/h12-13H,4-11H2,1-3H3/t12-,13?/m1/s1. The summed E-state index contributed by atoms with van der Waals surface area (Å²) in [6.45, 7) is 8.41. The molecule has 0 aromatic heterocycles. The van der Waals surface area contributed by atoms with E-state index in [2.05, 4.69) is 25.7 Å². The van der Waals surface area contributed by atoms with Gasteiger partial charge in [-0.05, 0) is 39.2 Å². The smallest absolute Gasteiger partial charge is 0.00954 e. The molecule has 0 aliphatic carbocycles. The number of hydrogen-bond acceptors (Lipinski definition) is 1. The molecule has 0 radical (unpaired) electrons. The highest BCUT2D eigenvalue weighted by atomic mass is 15.2. The Labute approximate surface area is 89.9 Å². The average Bonchev–Trinajstić information content (AvgIpc) is 2.21. The molecule has 1 fully saturated rings. The molecule has 0 N–H and O–H groups in total. The summed E-state index contributed by atoms with van der Waals surface area (Å²) in [5.41, 5.74) is 0. The fourth-order valence-electron chi connectivity index (χ4n) is 2.71. The van der Waals surface area contributed by atoms with Crippen molar-refractivity contribution in [2.75, 3.05) is 6.54 Å². The van der Waals surface area contributed by atoms with Crippen LogP contribution in [-0.4, -0.2) is 23.5 Å². The molecular weight excluding hydrogens is 170 g/mol. The first-order valence-corrected chi connectivity index (χ1v) is 6.55.